The third-order valence-electron chi connectivity index (χ3n) is 4.09. The molecule has 5 N–H and O–H groups in total. The van der Waals surface area contributed by atoms with E-state index < -0.39 is 11.7 Å². The maximum absolute atomic E-state index is 12.5. The Hall–Kier alpha value is -2.45. The molecule has 1 saturated heterocycles. The highest BCUT2D eigenvalue weighted by atomic mass is 16.4. The summed E-state index contributed by atoms with van der Waals surface area (Å²) in [5, 5.41) is 16.9. The number of nitrogens with one attached hydrogen (secondary N) is 2. The lowest BCUT2D eigenvalue weighted by Gasteiger charge is -2.44. The molecule has 22 heavy (non-hydrogen) atoms. The molecule has 2 unspecified atom stereocenters. The number of nitrogens with two attached hydrogens (primary N) is 1. The lowest BCUT2D eigenvalue weighted by molar-refractivity contribution is 0.114. The Morgan fingerprint density at radius 1 is 1.41 bits per heavy atom. The van der Waals surface area contributed by atoms with Gasteiger partial charge in [-0.25, -0.2) is 4.79 Å². The van der Waals surface area contributed by atoms with Gasteiger partial charge in [-0.2, -0.15) is 4.68 Å². The Kier molecular flexibility index (Phi) is 4.16. The molecule has 0 aromatic carbocycles. The molecule has 0 aliphatic carbocycles. The molecule has 0 radical (unpaired) electrons. The second-order valence-electron chi connectivity index (χ2n) is 5.61. The zero-order chi connectivity index (χ0) is 16.6. The van der Waals surface area contributed by atoms with Crippen molar-refractivity contribution in [2.45, 2.75) is 39.3 Å². The van der Waals surface area contributed by atoms with Crippen molar-refractivity contribution in [3.8, 4) is 0 Å². The van der Waals surface area contributed by atoms with E-state index in [9.17, 15) is 14.7 Å². The van der Waals surface area contributed by atoms with Gasteiger partial charge in [0, 0.05) is 30.9 Å². The Balaban J connectivity index is 2.49. The van der Waals surface area contributed by atoms with Crippen LogP contribution in [0.25, 0.3) is 0 Å². The van der Waals surface area contributed by atoms with E-state index in [1.807, 2.05) is 25.7 Å². The first-order chi connectivity index (χ1) is 10.3. The fourth-order valence-corrected chi connectivity index (χ4v) is 2.86. The molecule has 2 atom stereocenters. The number of H-pyrrole nitrogens is 1. The van der Waals surface area contributed by atoms with Crippen molar-refractivity contribution in [3.05, 3.63) is 21.7 Å². The first-order valence-corrected chi connectivity index (χ1v) is 7.22. The van der Waals surface area contributed by atoms with Gasteiger partial charge in [-0.1, -0.05) is 6.92 Å². The van der Waals surface area contributed by atoms with Crippen molar-refractivity contribution in [1.29, 1.82) is 5.41 Å². The SMILES string of the molecule is CCc1[nH]c(=N)n(N)c(=O)c1N1CC(C)N(C(=O)O)CC1C. The van der Waals surface area contributed by atoms with Crippen molar-refractivity contribution >= 4 is 11.8 Å². The molecule has 1 amide bonds. The van der Waals surface area contributed by atoms with Crippen LogP contribution in [0.15, 0.2) is 4.79 Å². The van der Waals surface area contributed by atoms with Crippen LogP contribution in [0, 0.1) is 5.41 Å². The number of piperazine rings is 1. The summed E-state index contributed by atoms with van der Waals surface area (Å²) in [5.74, 6) is 5.62. The maximum Gasteiger partial charge on any atom is 0.407 e. The number of aromatic amines is 1. The number of anilines is 1. The molecule has 9 nitrogen and oxygen atoms in total. The zero-order valence-corrected chi connectivity index (χ0v) is 13.0. The van der Waals surface area contributed by atoms with Crippen molar-refractivity contribution in [1.82, 2.24) is 14.6 Å². The topological polar surface area (TPSA) is 131 Å². The molecular weight excluding hydrogens is 288 g/mol. The molecule has 0 bridgehead atoms. The van der Waals surface area contributed by atoms with Gasteiger partial charge < -0.3 is 25.7 Å². The van der Waals surface area contributed by atoms with Gasteiger partial charge in [0.1, 0.15) is 5.69 Å². The van der Waals surface area contributed by atoms with Crippen molar-refractivity contribution in [3.63, 3.8) is 0 Å². The number of hydrogen-bond acceptors (Lipinski definition) is 5. The summed E-state index contributed by atoms with van der Waals surface area (Å²) in [6, 6.07) is -0.394. The average Bonchev–Trinajstić information content (AvgIpc) is 2.46. The minimum absolute atomic E-state index is 0.157. The quantitative estimate of drug-likeness (QED) is 0.547. The Morgan fingerprint density at radius 3 is 2.59 bits per heavy atom. The molecule has 1 aromatic rings. The minimum atomic E-state index is -0.959. The van der Waals surface area contributed by atoms with Crippen LogP contribution in [0.5, 0.6) is 0 Å². The fourth-order valence-electron chi connectivity index (χ4n) is 2.86. The van der Waals surface area contributed by atoms with Crippen LogP contribution in [0.3, 0.4) is 0 Å². The summed E-state index contributed by atoms with van der Waals surface area (Å²) in [5.41, 5.74) is 0.462. The van der Waals surface area contributed by atoms with Crippen LogP contribution in [-0.2, 0) is 6.42 Å². The van der Waals surface area contributed by atoms with Crippen LogP contribution in [0.4, 0.5) is 10.5 Å². The Morgan fingerprint density at radius 2 is 2.05 bits per heavy atom. The van der Waals surface area contributed by atoms with Crippen molar-refractivity contribution in [2.24, 2.45) is 0 Å². The van der Waals surface area contributed by atoms with Gasteiger partial charge in [-0.15, -0.1) is 0 Å². The second-order valence-corrected chi connectivity index (χ2v) is 5.61. The third-order valence-corrected chi connectivity index (χ3v) is 4.09. The number of hydrogen-bond donors (Lipinski definition) is 4. The standard InChI is InChI=1S/C13H22N6O3/c1-4-9-10(11(20)19(15)12(14)16-9)17-5-8(3)18(13(21)22)6-7(17)2/h7-8H,4-6,15H2,1-3H3,(H2,14,16)(H,21,22). The molecular formula is C13H22N6O3. The summed E-state index contributed by atoms with van der Waals surface area (Å²) >= 11 is 0. The van der Waals surface area contributed by atoms with Crippen LogP contribution in [0.2, 0.25) is 0 Å². The first-order valence-electron chi connectivity index (χ1n) is 7.22. The van der Waals surface area contributed by atoms with Crippen LogP contribution >= 0.6 is 0 Å². The Labute approximate surface area is 127 Å². The van der Waals surface area contributed by atoms with E-state index in [2.05, 4.69) is 4.98 Å². The van der Waals surface area contributed by atoms with Gasteiger partial charge in [-0.05, 0) is 20.3 Å². The fraction of sp³-hybridized carbons (Fsp3) is 0.615. The van der Waals surface area contributed by atoms with Crippen molar-refractivity contribution in [2.75, 3.05) is 23.8 Å². The van der Waals surface area contributed by atoms with Gasteiger partial charge in [0.05, 0.1) is 0 Å². The summed E-state index contributed by atoms with van der Waals surface area (Å²) in [4.78, 5) is 29.8. The summed E-state index contributed by atoms with van der Waals surface area (Å²) < 4.78 is 0.773. The molecule has 0 saturated carbocycles. The van der Waals surface area contributed by atoms with Gasteiger partial charge in [-0.3, -0.25) is 10.2 Å². The predicted octanol–water partition coefficient (Wildman–Crippen LogP) is -0.491. The average molecular weight is 310 g/mol. The van der Waals surface area contributed by atoms with E-state index in [0.29, 0.717) is 30.9 Å². The number of amides is 1. The first kappa shape index (κ1) is 15.9. The van der Waals surface area contributed by atoms with Gasteiger partial charge in [0.15, 0.2) is 0 Å². The number of rotatable bonds is 2. The van der Waals surface area contributed by atoms with Gasteiger partial charge in [0.2, 0.25) is 5.62 Å². The lowest BCUT2D eigenvalue weighted by atomic mass is 10.1. The van der Waals surface area contributed by atoms with Crippen LogP contribution < -0.4 is 21.9 Å². The molecule has 9 heteroatoms. The highest BCUT2D eigenvalue weighted by Crippen LogP contribution is 2.22. The lowest BCUT2D eigenvalue weighted by Crippen LogP contribution is -2.60. The predicted molar refractivity (Wildman–Crippen MR) is 81.4 cm³/mol. The monoisotopic (exact) mass is 310 g/mol. The molecule has 1 aliphatic heterocycles. The smallest absolute Gasteiger partial charge is 0.407 e. The van der Waals surface area contributed by atoms with E-state index in [-0.39, 0.29) is 17.7 Å². The van der Waals surface area contributed by atoms with Crippen LogP contribution in [0.1, 0.15) is 26.5 Å². The number of aromatic nitrogens is 2. The third kappa shape index (κ3) is 2.53. The summed E-state index contributed by atoms with van der Waals surface area (Å²) in [6.45, 7) is 6.28. The highest BCUT2D eigenvalue weighted by molar-refractivity contribution is 5.66. The molecule has 1 fully saturated rings. The largest absolute Gasteiger partial charge is 0.465 e. The zero-order valence-electron chi connectivity index (χ0n) is 13.0. The maximum atomic E-state index is 12.5. The Bertz CT molecular complexity index is 694. The minimum Gasteiger partial charge on any atom is -0.465 e. The molecule has 122 valence electrons. The molecule has 0 spiro atoms. The van der Waals surface area contributed by atoms with Gasteiger partial charge in [0.25, 0.3) is 5.56 Å². The number of carbonyl (C=O) groups is 1. The van der Waals surface area contributed by atoms with E-state index in [0.717, 1.165) is 4.68 Å². The number of nitrogen functional groups attached to an aromatic ring is 1. The molecule has 2 rings (SSSR count). The normalized spacial score (nSPS) is 22.0. The summed E-state index contributed by atoms with van der Waals surface area (Å²) in [7, 11) is 0. The van der Waals surface area contributed by atoms with E-state index in [4.69, 9.17) is 11.3 Å². The highest BCUT2D eigenvalue weighted by Gasteiger charge is 2.34. The molecule has 2 heterocycles. The number of nitrogens with zero attached hydrogens (tertiary/aromatic N) is 3. The van der Waals surface area contributed by atoms with Crippen LogP contribution in [-0.4, -0.2) is 50.9 Å². The second kappa shape index (κ2) is 5.74. The van der Waals surface area contributed by atoms with E-state index in [1.54, 1.807) is 0 Å². The molecule has 1 aromatic heterocycles. The summed E-state index contributed by atoms with van der Waals surface area (Å²) in [6.07, 6.45) is -0.406. The molecule has 1 aliphatic rings. The van der Waals surface area contributed by atoms with Crippen molar-refractivity contribution < 1.29 is 9.90 Å². The number of aryl methyl sites for hydroxylation is 1. The van der Waals surface area contributed by atoms with E-state index >= 15 is 0 Å². The van der Waals surface area contributed by atoms with E-state index in [1.165, 1.54) is 4.90 Å². The van der Waals surface area contributed by atoms with Gasteiger partial charge >= 0.3 is 6.09 Å². The number of carboxylic acid groups (broad SMARTS) is 1.